The number of carbonyl (C=O) groups is 2. The van der Waals surface area contributed by atoms with E-state index in [1.165, 1.54) is 18.5 Å². The number of esters is 1. The molecule has 5 rings (SSSR count). The van der Waals surface area contributed by atoms with Crippen molar-refractivity contribution < 1.29 is 18.7 Å². The van der Waals surface area contributed by atoms with Gasteiger partial charge in [0.1, 0.15) is 11.4 Å². The SMILES string of the molecule is O=C(Oc1ccc(Br)cc1C=NNC(=O)c1[nH]c2ccc(Br)cc2c1-c1ccccc1)c1ccco1. The number of hydrogen-bond acceptors (Lipinski definition) is 5. The summed E-state index contributed by atoms with van der Waals surface area (Å²) in [6.07, 6.45) is 2.80. The largest absolute Gasteiger partial charge is 0.457 e. The predicted molar refractivity (Wildman–Crippen MR) is 144 cm³/mol. The van der Waals surface area contributed by atoms with Crippen molar-refractivity contribution in [3.8, 4) is 16.9 Å². The molecular formula is C27H17Br2N3O4. The summed E-state index contributed by atoms with van der Waals surface area (Å²) in [4.78, 5) is 28.7. The number of halogens is 2. The molecule has 0 spiro atoms. The highest BCUT2D eigenvalue weighted by Gasteiger charge is 2.19. The quantitative estimate of drug-likeness (QED) is 0.0947. The molecule has 0 aliphatic carbocycles. The summed E-state index contributed by atoms with van der Waals surface area (Å²) >= 11 is 6.91. The Bertz CT molecular complexity index is 1590. The Morgan fingerprint density at radius 1 is 0.944 bits per heavy atom. The maximum atomic E-state index is 13.2. The molecule has 0 saturated heterocycles. The van der Waals surface area contributed by atoms with E-state index in [9.17, 15) is 9.59 Å². The molecule has 0 fully saturated rings. The van der Waals surface area contributed by atoms with E-state index in [-0.39, 0.29) is 11.5 Å². The van der Waals surface area contributed by atoms with E-state index in [2.05, 4.69) is 47.4 Å². The Hall–Kier alpha value is -3.95. The van der Waals surface area contributed by atoms with Crippen LogP contribution < -0.4 is 10.2 Å². The van der Waals surface area contributed by atoms with E-state index in [1.54, 1.807) is 24.3 Å². The van der Waals surface area contributed by atoms with Crippen LogP contribution in [-0.4, -0.2) is 23.1 Å². The molecule has 2 aromatic heterocycles. The molecule has 0 unspecified atom stereocenters. The molecule has 2 N–H and O–H groups in total. The highest BCUT2D eigenvalue weighted by Crippen LogP contribution is 2.34. The number of H-pyrrole nitrogens is 1. The third-order valence-corrected chi connectivity index (χ3v) is 6.30. The van der Waals surface area contributed by atoms with Crippen LogP contribution in [0.5, 0.6) is 5.75 Å². The van der Waals surface area contributed by atoms with Crippen LogP contribution in [0.3, 0.4) is 0 Å². The molecule has 3 aromatic carbocycles. The molecule has 0 aliphatic rings. The summed E-state index contributed by atoms with van der Waals surface area (Å²) in [7, 11) is 0. The van der Waals surface area contributed by atoms with Crippen molar-refractivity contribution in [3.63, 3.8) is 0 Å². The first-order chi connectivity index (χ1) is 17.5. The number of amides is 1. The molecule has 0 bridgehead atoms. The van der Waals surface area contributed by atoms with Gasteiger partial charge < -0.3 is 14.1 Å². The van der Waals surface area contributed by atoms with Crippen molar-refractivity contribution in [2.45, 2.75) is 0 Å². The number of fused-ring (bicyclic) bond motifs is 1. The van der Waals surface area contributed by atoms with Crippen molar-refractivity contribution in [1.29, 1.82) is 0 Å². The first-order valence-electron chi connectivity index (χ1n) is 10.7. The highest BCUT2D eigenvalue weighted by molar-refractivity contribution is 9.10. The number of nitrogens with one attached hydrogen (secondary N) is 2. The maximum Gasteiger partial charge on any atom is 0.379 e. The molecule has 178 valence electrons. The number of aromatic nitrogens is 1. The van der Waals surface area contributed by atoms with Crippen LogP contribution in [0.1, 0.15) is 26.6 Å². The molecular weight excluding hydrogens is 590 g/mol. The number of aromatic amines is 1. The van der Waals surface area contributed by atoms with Crippen LogP contribution in [-0.2, 0) is 0 Å². The summed E-state index contributed by atoms with van der Waals surface area (Å²) in [6, 6.07) is 23.6. The van der Waals surface area contributed by atoms with Gasteiger partial charge in [-0.2, -0.15) is 5.10 Å². The zero-order valence-corrected chi connectivity index (χ0v) is 21.7. The zero-order valence-electron chi connectivity index (χ0n) is 18.5. The lowest BCUT2D eigenvalue weighted by atomic mass is 10.0. The molecule has 9 heteroatoms. The second-order valence-corrected chi connectivity index (χ2v) is 9.51. The van der Waals surface area contributed by atoms with Crippen LogP contribution in [0.15, 0.2) is 104 Å². The minimum Gasteiger partial charge on any atom is -0.457 e. The maximum absolute atomic E-state index is 13.2. The standard InChI is InChI=1S/C27H17Br2N3O4/c28-18-9-11-22(36-27(34)23-7-4-12-35-23)17(13-18)15-30-32-26(33)25-24(16-5-2-1-3-6-16)20-14-19(29)8-10-21(20)31-25/h1-15,31H,(H,32,33). The minimum absolute atomic E-state index is 0.0769. The molecule has 2 heterocycles. The average Bonchev–Trinajstić information content (AvgIpc) is 3.54. The van der Waals surface area contributed by atoms with Gasteiger partial charge in [-0.25, -0.2) is 10.2 Å². The van der Waals surface area contributed by atoms with Crippen molar-refractivity contribution in [2.75, 3.05) is 0 Å². The smallest absolute Gasteiger partial charge is 0.379 e. The van der Waals surface area contributed by atoms with Crippen LogP contribution in [0.25, 0.3) is 22.0 Å². The van der Waals surface area contributed by atoms with Gasteiger partial charge in [0.15, 0.2) is 0 Å². The van der Waals surface area contributed by atoms with E-state index in [0.717, 1.165) is 31.0 Å². The van der Waals surface area contributed by atoms with Crippen molar-refractivity contribution in [2.24, 2.45) is 5.10 Å². The summed E-state index contributed by atoms with van der Waals surface area (Å²) in [5.41, 5.74) is 5.93. The summed E-state index contributed by atoms with van der Waals surface area (Å²) in [5.74, 6) is -0.717. The summed E-state index contributed by atoms with van der Waals surface area (Å²) in [5, 5.41) is 5.03. The number of carbonyl (C=O) groups excluding carboxylic acids is 2. The highest BCUT2D eigenvalue weighted by atomic mass is 79.9. The van der Waals surface area contributed by atoms with Gasteiger partial charge in [-0.3, -0.25) is 4.79 Å². The molecule has 0 radical (unpaired) electrons. The van der Waals surface area contributed by atoms with E-state index in [1.807, 2.05) is 48.5 Å². The third kappa shape index (κ3) is 5.02. The minimum atomic E-state index is -0.641. The molecule has 7 nitrogen and oxygen atoms in total. The number of benzene rings is 3. The number of ether oxygens (including phenoxy) is 1. The summed E-state index contributed by atoms with van der Waals surface area (Å²) in [6.45, 7) is 0. The Labute approximate surface area is 222 Å². The fourth-order valence-electron chi connectivity index (χ4n) is 3.71. The van der Waals surface area contributed by atoms with Crippen LogP contribution >= 0.6 is 31.9 Å². The van der Waals surface area contributed by atoms with Gasteiger partial charge in [0.2, 0.25) is 5.76 Å². The van der Waals surface area contributed by atoms with Crippen molar-refractivity contribution in [1.82, 2.24) is 10.4 Å². The molecule has 1 amide bonds. The third-order valence-electron chi connectivity index (χ3n) is 5.32. The van der Waals surface area contributed by atoms with Crippen LogP contribution in [0.2, 0.25) is 0 Å². The fourth-order valence-corrected chi connectivity index (χ4v) is 4.45. The topological polar surface area (TPSA) is 96.7 Å². The number of hydrogen-bond donors (Lipinski definition) is 2. The fraction of sp³-hybridized carbons (Fsp3) is 0. The normalized spacial score (nSPS) is 11.2. The Kier molecular flexibility index (Phi) is 6.84. The Balaban J connectivity index is 1.42. The number of hydrazone groups is 1. The van der Waals surface area contributed by atoms with E-state index < -0.39 is 11.9 Å². The second kappa shape index (κ2) is 10.3. The number of rotatable bonds is 6. The van der Waals surface area contributed by atoms with Gasteiger partial charge in [0.05, 0.1) is 12.5 Å². The van der Waals surface area contributed by atoms with Crippen LogP contribution in [0.4, 0.5) is 0 Å². The molecule has 36 heavy (non-hydrogen) atoms. The van der Waals surface area contributed by atoms with Gasteiger partial charge in [0.25, 0.3) is 5.91 Å². The second-order valence-electron chi connectivity index (χ2n) is 7.68. The zero-order chi connectivity index (χ0) is 25.1. The van der Waals surface area contributed by atoms with Gasteiger partial charge in [0, 0.05) is 31.0 Å². The lowest BCUT2D eigenvalue weighted by Crippen LogP contribution is -2.19. The molecule has 5 aromatic rings. The van der Waals surface area contributed by atoms with Gasteiger partial charge in [-0.05, 0) is 54.1 Å². The van der Waals surface area contributed by atoms with Crippen LogP contribution in [0, 0.1) is 0 Å². The molecule has 0 atom stereocenters. The van der Waals surface area contributed by atoms with E-state index in [4.69, 9.17) is 9.15 Å². The first kappa shape index (κ1) is 23.8. The number of furan rings is 1. The van der Waals surface area contributed by atoms with Gasteiger partial charge >= 0.3 is 5.97 Å². The van der Waals surface area contributed by atoms with Gasteiger partial charge in [-0.15, -0.1) is 0 Å². The molecule has 0 saturated carbocycles. The van der Waals surface area contributed by atoms with E-state index in [0.29, 0.717) is 11.3 Å². The Morgan fingerprint density at radius 3 is 2.50 bits per heavy atom. The monoisotopic (exact) mass is 605 g/mol. The first-order valence-corrected chi connectivity index (χ1v) is 12.3. The molecule has 0 aliphatic heterocycles. The van der Waals surface area contributed by atoms with Crippen molar-refractivity contribution in [3.05, 3.63) is 111 Å². The summed E-state index contributed by atoms with van der Waals surface area (Å²) < 4.78 is 12.2. The predicted octanol–water partition coefficient (Wildman–Crippen LogP) is 6.94. The average molecular weight is 607 g/mol. The van der Waals surface area contributed by atoms with Crippen molar-refractivity contribution >= 4 is 60.9 Å². The van der Waals surface area contributed by atoms with E-state index >= 15 is 0 Å². The number of nitrogens with zero attached hydrogens (tertiary/aromatic N) is 1. The van der Waals surface area contributed by atoms with Gasteiger partial charge in [-0.1, -0.05) is 62.2 Å². The lowest BCUT2D eigenvalue weighted by Gasteiger charge is -2.07. The lowest BCUT2D eigenvalue weighted by molar-refractivity contribution is 0.0700. The Morgan fingerprint density at radius 2 is 1.72 bits per heavy atom.